The summed E-state index contributed by atoms with van der Waals surface area (Å²) in [6.07, 6.45) is 1.35. The van der Waals surface area contributed by atoms with E-state index >= 15 is 0 Å². The summed E-state index contributed by atoms with van der Waals surface area (Å²) in [4.78, 5) is 14.5. The van der Waals surface area contributed by atoms with Crippen LogP contribution in [0.25, 0.3) is 0 Å². The Hall–Kier alpha value is -2.54. The number of fused-ring (bicyclic) bond motifs is 1. The highest BCUT2D eigenvalue weighted by molar-refractivity contribution is 7.92. The zero-order valence-corrected chi connectivity index (χ0v) is 15.9. The van der Waals surface area contributed by atoms with Gasteiger partial charge in [-0.2, -0.15) is 0 Å². The normalized spacial score (nSPS) is 14.7. The Morgan fingerprint density at radius 2 is 1.81 bits per heavy atom. The first-order valence-electron chi connectivity index (χ1n) is 8.37. The molecule has 0 radical (unpaired) electrons. The minimum atomic E-state index is -3.31. The number of anilines is 2. The molecule has 1 aliphatic heterocycles. The molecule has 1 atom stereocenters. The average Bonchev–Trinajstić information content (AvgIpc) is 3.04. The van der Waals surface area contributed by atoms with Gasteiger partial charge in [0.25, 0.3) is 5.91 Å². The Morgan fingerprint density at radius 1 is 1.15 bits per heavy atom. The summed E-state index contributed by atoms with van der Waals surface area (Å²) in [6, 6.07) is 14.5. The Labute approximate surface area is 154 Å². The second-order valence-electron chi connectivity index (χ2n) is 6.35. The lowest BCUT2D eigenvalue weighted by Crippen LogP contribution is -2.39. The number of amides is 1. The summed E-state index contributed by atoms with van der Waals surface area (Å²) in [7, 11) is -1.82. The first-order chi connectivity index (χ1) is 12.3. The van der Waals surface area contributed by atoms with Gasteiger partial charge in [-0.1, -0.05) is 18.2 Å². The van der Waals surface area contributed by atoms with Crippen molar-refractivity contribution in [3.8, 4) is 5.75 Å². The molecule has 0 saturated heterocycles. The van der Waals surface area contributed by atoms with E-state index in [1.165, 1.54) is 16.9 Å². The van der Waals surface area contributed by atoms with Gasteiger partial charge in [0.2, 0.25) is 10.0 Å². The molecule has 7 heteroatoms. The van der Waals surface area contributed by atoms with E-state index in [2.05, 4.69) is 0 Å². The molecule has 3 rings (SSSR count). The predicted octanol–water partition coefficient (Wildman–Crippen LogP) is 2.44. The van der Waals surface area contributed by atoms with Gasteiger partial charge in [-0.05, 0) is 49.2 Å². The molecule has 6 nitrogen and oxygen atoms in total. The van der Waals surface area contributed by atoms with Crippen LogP contribution >= 0.6 is 0 Å². The van der Waals surface area contributed by atoms with E-state index in [-0.39, 0.29) is 5.91 Å². The van der Waals surface area contributed by atoms with Crippen LogP contribution in [0, 0.1) is 0 Å². The van der Waals surface area contributed by atoms with Gasteiger partial charge >= 0.3 is 0 Å². The monoisotopic (exact) mass is 374 g/mol. The molecular formula is C19H22N2O4S. The minimum absolute atomic E-state index is 0.0905. The Morgan fingerprint density at radius 3 is 2.46 bits per heavy atom. The summed E-state index contributed by atoms with van der Waals surface area (Å²) < 4.78 is 30.1. The molecule has 1 heterocycles. The Bertz CT molecular complexity index is 909. The van der Waals surface area contributed by atoms with Crippen molar-refractivity contribution in [3.63, 3.8) is 0 Å². The Kier molecular flexibility index (Phi) is 4.91. The third-order valence-electron chi connectivity index (χ3n) is 4.51. The van der Waals surface area contributed by atoms with Crippen molar-refractivity contribution in [3.05, 3.63) is 54.1 Å². The zero-order chi connectivity index (χ0) is 18.9. The number of para-hydroxylation sites is 1. The third kappa shape index (κ3) is 3.67. The Balaban J connectivity index is 1.69. The maximum atomic E-state index is 12.7. The van der Waals surface area contributed by atoms with Crippen molar-refractivity contribution in [2.24, 2.45) is 0 Å². The SMILES string of the molecule is C[C@@H](Oc1ccc(N(C)S(C)(=O)=O)cc1)C(=O)N1CCc2ccccc21. The fraction of sp³-hybridized carbons (Fsp3) is 0.316. The van der Waals surface area contributed by atoms with Crippen LogP contribution in [0.1, 0.15) is 12.5 Å². The van der Waals surface area contributed by atoms with E-state index in [4.69, 9.17) is 4.74 Å². The second-order valence-corrected chi connectivity index (χ2v) is 8.37. The van der Waals surface area contributed by atoms with Gasteiger partial charge in [0.15, 0.2) is 6.10 Å². The molecule has 2 aromatic carbocycles. The van der Waals surface area contributed by atoms with E-state index in [0.717, 1.165) is 18.4 Å². The quantitative estimate of drug-likeness (QED) is 0.806. The minimum Gasteiger partial charge on any atom is -0.481 e. The molecule has 2 aromatic rings. The lowest BCUT2D eigenvalue weighted by Gasteiger charge is -2.23. The summed E-state index contributed by atoms with van der Waals surface area (Å²) in [5, 5.41) is 0. The topological polar surface area (TPSA) is 66.9 Å². The molecule has 0 N–H and O–H groups in total. The zero-order valence-electron chi connectivity index (χ0n) is 15.0. The standard InChI is InChI=1S/C19H22N2O4S/c1-14(19(22)21-13-12-15-6-4-5-7-18(15)21)25-17-10-8-16(9-11-17)20(2)26(3,23)24/h4-11,14H,12-13H2,1-3H3/t14-/m1/s1. The summed E-state index contributed by atoms with van der Waals surface area (Å²) in [6.45, 7) is 2.38. The lowest BCUT2D eigenvalue weighted by molar-refractivity contribution is -0.124. The molecule has 0 aromatic heterocycles. The van der Waals surface area contributed by atoms with E-state index < -0.39 is 16.1 Å². The average molecular weight is 374 g/mol. The molecular weight excluding hydrogens is 352 g/mol. The number of ether oxygens (including phenoxy) is 1. The number of hydrogen-bond acceptors (Lipinski definition) is 4. The fourth-order valence-corrected chi connectivity index (χ4v) is 3.47. The molecule has 1 amide bonds. The van der Waals surface area contributed by atoms with Crippen LogP contribution in [-0.4, -0.2) is 40.3 Å². The maximum Gasteiger partial charge on any atom is 0.267 e. The van der Waals surface area contributed by atoms with Crippen molar-refractivity contribution < 1.29 is 17.9 Å². The third-order valence-corrected chi connectivity index (χ3v) is 5.72. The molecule has 0 aliphatic carbocycles. The molecule has 0 saturated carbocycles. The predicted molar refractivity (Wildman–Crippen MR) is 102 cm³/mol. The highest BCUT2D eigenvalue weighted by Crippen LogP contribution is 2.28. The lowest BCUT2D eigenvalue weighted by atomic mass is 10.2. The van der Waals surface area contributed by atoms with E-state index in [1.54, 1.807) is 36.1 Å². The van der Waals surface area contributed by atoms with Gasteiger partial charge in [-0.3, -0.25) is 9.10 Å². The highest BCUT2D eigenvalue weighted by Gasteiger charge is 2.28. The molecule has 26 heavy (non-hydrogen) atoms. The van der Waals surface area contributed by atoms with Crippen molar-refractivity contribution in [1.82, 2.24) is 0 Å². The summed E-state index contributed by atoms with van der Waals surface area (Å²) in [5.74, 6) is 0.427. The maximum absolute atomic E-state index is 12.7. The van der Waals surface area contributed by atoms with Crippen LogP contribution < -0.4 is 13.9 Å². The number of carbonyl (C=O) groups is 1. The molecule has 0 bridgehead atoms. The highest BCUT2D eigenvalue weighted by atomic mass is 32.2. The van der Waals surface area contributed by atoms with Crippen molar-refractivity contribution in [2.45, 2.75) is 19.4 Å². The summed E-state index contributed by atoms with van der Waals surface area (Å²) >= 11 is 0. The molecule has 1 aliphatic rings. The van der Waals surface area contributed by atoms with Crippen molar-refractivity contribution in [2.75, 3.05) is 29.1 Å². The van der Waals surface area contributed by atoms with Crippen LogP contribution in [0.15, 0.2) is 48.5 Å². The van der Waals surface area contributed by atoms with Crippen LogP contribution in [0.5, 0.6) is 5.75 Å². The van der Waals surface area contributed by atoms with Crippen LogP contribution in [0.3, 0.4) is 0 Å². The van der Waals surface area contributed by atoms with Gasteiger partial charge in [0.05, 0.1) is 11.9 Å². The van der Waals surface area contributed by atoms with Crippen LogP contribution in [0.2, 0.25) is 0 Å². The largest absolute Gasteiger partial charge is 0.481 e. The first-order valence-corrected chi connectivity index (χ1v) is 10.2. The first kappa shape index (κ1) is 18.3. The molecule has 138 valence electrons. The number of nitrogens with zero attached hydrogens (tertiary/aromatic N) is 2. The number of sulfonamides is 1. The van der Waals surface area contributed by atoms with Crippen molar-refractivity contribution >= 4 is 27.3 Å². The molecule has 0 spiro atoms. The number of hydrogen-bond donors (Lipinski definition) is 0. The van der Waals surface area contributed by atoms with Gasteiger partial charge in [0, 0.05) is 19.3 Å². The number of rotatable bonds is 5. The van der Waals surface area contributed by atoms with Gasteiger partial charge < -0.3 is 9.64 Å². The molecule has 0 fully saturated rings. The summed E-state index contributed by atoms with van der Waals surface area (Å²) in [5.41, 5.74) is 2.64. The van der Waals surface area contributed by atoms with E-state index in [0.29, 0.717) is 18.0 Å². The van der Waals surface area contributed by atoms with Gasteiger partial charge in [-0.15, -0.1) is 0 Å². The van der Waals surface area contributed by atoms with Crippen LogP contribution in [0.4, 0.5) is 11.4 Å². The number of carbonyl (C=O) groups excluding carboxylic acids is 1. The molecule has 0 unspecified atom stereocenters. The smallest absolute Gasteiger partial charge is 0.267 e. The van der Waals surface area contributed by atoms with Gasteiger partial charge in [-0.25, -0.2) is 8.42 Å². The van der Waals surface area contributed by atoms with E-state index in [9.17, 15) is 13.2 Å². The fourth-order valence-electron chi connectivity index (χ4n) is 2.97. The van der Waals surface area contributed by atoms with E-state index in [1.807, 2.05) is 24.3 Å². The number of benzene rings is 2. The van der Waals surface area contributed by atoms with Crippen molar-refractivity contribution in [1.29, 1.82) is 0 Å². The van der Waals surface area contributed by atoms with Crippen LogP contribution in [-0.2, 0) is 21.2 Å². The van der Waals surface area contributed by atoms with Gasteiger partial charge in [0.1, 0.15) is 5.75 Å². The second kappa shape index (κ2) is 6.99.